The molecule has 33 heavy (non-hydrogen) atoms. The molecular weight excluding hydrogens is 428 g/mol. The molecule has 1 heterocycles. The van der Waals surface area contributed by atoms with Crippen molar-refractivity contribution < 1.29 is 23.2 Å². The van der Waals surface area contributed by atoms with Gasteiger partial charge in [-0.05, 0) is 62.1 Å². The number of amides is 3. The van der Waals surface area contributed by atoms with Gasteiger partial charge in [0.1, 0.15) is 11.6 Å². The highest BCUT2D eigenvalue weighted by Crippen LogP contribution is 2.23. The van der Waals surface area contributed by atoms with E-state index in [4.69, 9.17) is 0 Å². The number of benzene rings is 2. The van der Waals surface area contributed by atoms with E-state index in [0.717, 1.165) is 37.8 Å². The Bertz CT molecular complexity index is 1030. The quantitative estimate of drug-likeness (QED) is 0.712. The molecule has 174 valence electrons. The van der Waals surface area contributed by atoms with E-state index in [1.807, 2.05) is 0 Å². The maximum atomic E-state index is 13.9. The normalized spacial score (nSPS) is 17.1. The number of carbonyl (C=O) groups excluding carboxylic acids is 3. The van der Waals surface area contributed by atoms with Gasteiger partial charge in [-0.1, -0.05) is 12.8 Å². The summed E-state index contributed by atoms with van der Waals surface area (Å²) < 4.78 is 27.0. The van der Waals surface area contributed by atoms with Gasteiger partial charge in [0, 0.05) is 42.4 Å². The van der Waals surface area contributed by atoms with Gasteiger partial charge in [0.05, 0.1) is 5.56 Å². The molecule has 0 atom stereocenters. The fourth-order valence-electron chi connectivity index (χ4n) is 4.47. The van der Waals surface area contributed by atoms with Gasteiger partial charge in [0.25, 0.3) is 11.8 Å². The molecule has 1 aliphatic heterocycles. The second-order valence-electron chi connectivity index (χ2n) is 8.71. The number of nitrogens with one attached hydrogen (secondary N) is 2. The van der Waals surface area contributed by atoms with Gasteiger partial charge >= 0.3 is 0 Å². The molecule has 2 aliphatic rings. The second kappa shape index (κ2) is 10.1. The minimum atomic E-state index is -0.889. The Morgan fingerprint density at radius 2 is 1.55 bits per heavy atom. The van der Waals surface area contributed by atoms with E-state index in [2.05, 4.69) is 10.6 Å². The summed E-state index contributed by atoms with van der Waals surface area (Å²) in [4.78, 5) is 39.0. The molecule has 1 saturated carbocycles. The van der Waals surface area contributed by atoms with Crippen LogP contribution in [0.1, 0.15) is 59.2 Å². The van der Waals surface area contributed by atoms with Crippen molar-refractivity contribution in [3.8, 4) is 0 Å². The largest absolute Gasteiger partial charge is 0.349 e. The lowest BCUT2D eigenvalue weighted by Gasteiger charge is -2.31. The molecule has 0 spiro atoms. The fourth-order valence-corrected chi connectivity index (χ4v) is 4.47. The summed E-state index contributed by atoms with van der Waals surface area (Å²) in [6.07, 6.45) is 5.22. The number of halogens is 2. The lowest BCUT2D eigenvalue weighted by atomic mass is 9.95. The van der Waals surface area contributed by atoms with Gasteiger partial charge in [-0.2, -0.15) is 0 Å². The van der Waals surface area contributed by atoms with Gasteiger partial charge in [0.2, 0.25) is 5.91 Å². The van der Waals surface area contributed by atoms with E-state index in [0.29, 0.717) is 43.2 Å². The van der Waals surface area contributed by atoms with E-state index >= 15 is 0 Å². The van der Waals surface area contributed by atoms with Crippen LogP contribution in [0.25, 0.3) is 0 Å². The monoisotopic (exact) mass is 455 g/mol. The Balaban J connectivity index is 1.27. The lowest BCUT2D eigenvalue weighted by Crippen LogP contribution is -2.41. The Labute approximate surface area is 191 Å². The summed E-state index contributed by atoms with van der Waals surface area (Å²) in [6.45, 7) is 0.627. The van der Waals surface area contributed by atoms with Crippen molar-refractivity contribution in [2.24, 2.45) is 5.92 Å². The second-order valence-corrected chi connectivity index (χ2v) is 8.71. The number of nitrogens with zero attached hydrogens (tertiary/aromatic N) is 1. The molecule has 1 aliphatic carbocycles. The topological polar surface area (TPSA) is 78.5 Å². The van der Waals surface area contributed by atoms with Crippen molar-refractivity contribution in [2.75, 3.05) is 18.4 Å². The maximum absolute atomic E-state index is 13.9. The molecule has 0 bridgehead atoms. The number of rotatable bonds is 5. The van der Waals surface area contributed by atoms with Gasteiger partial charge < -0.3 is 15.5 Å². The first kappa shape index (κ1) is 22.9. The molecule has 2 N–H and O–H groups in total. The van der Waals surface area contributed by atoms with E-state index in [1.165, 1.54) is 4.90 Å². The lowest BCUT2D eigenvalue weighted by molar-refractivity contribution is -0.121. The molecule has 2 fully saturated rings. The minimum Gasteiger partial charge on any atom is -0.349 e. The summed E-state index contributed by atoms with van der Waals surface area (Å²) in [5.41, 5.74) is 0.986. The van der Waals surface area contributed by atoms with E-state index in [1.54, 1.807) is 24.3 Å². The molecular formula is C25H27F2N3O3. The highest BCUT2D eigenvalue weighted by atomic mass is 19.1. The van der Waals surface area contributed by atoms with Crippen molar-refractivity contribution in [1.82, 2.24) is 10.2 Å². The number of piperidine rings is 1. The molecule has 0 radical (unpaired) electrons. The zero-order chi connectivity index (χ0) is 23.4. The van der Waals surface area contributed by atoms with Gasteiger partial charge in [-0.3, -0.25) is 14.4 Å². The molecule has 3 amide bonds. The molecule has 0 unspecified atom stereocenters. The zero-order valence-corrected chi connectivity index (χ0v) is 18.3. The van der Waals surface area contributed by atoms with Crippen molar-refractivity contribution in [1.29, 1.82) is 0 Å². The predicted molar refractivity (Wildman–Crippen MR) is 120 cm³/mol. The number of hydrogen-bond donors (Lipinski definition) is 2. The smallest absolute Gasteiger partial charge is 0.256 e. The first-order valence-electron chi connectivity index (χ1n) is 11.4. The van der Waals surface area contributed by atoms with Crippen LogP contribution < -0.4 is 10.6 Å². The van der Waals surface area contributed by atoms with Crippen LogP contribution >= 0.6 is 0 Å². The fraction of sp³-hybridized carbons (Fsp3) is 0.400. The molecule has 1 saturated heterocycles. The third kappa shape index (κ3) is 5.56. The highest BCUT2D eigenvalue weighted by molar-refractivity contribution is 5.97. The van der Waals surface area contributed by atoms with Gasteiger partial charge in [-0.15, -0.1) is 0 Å². The van der Waals surface area contributed by atoms with Crippen LogP contribution in [0.3, 0.4) is 0 Å². The van der Waals surface area contributed by atoms with Crippen LogP contribution in [0.5, 0.6) is 0 Å². The molecule has 0 aromatic heterocycles. The average Bonchev–Trinajstić information content (AvgIpc) is 3.32. The zero-order valence-electron chi connectivity index (χ0n) is 18.3. The van der Waals surface area contributed by atoms with Crippen LogP contribution in [0, 0.1) is 17.6 Å². The predicted octanol–water partition coefficient (Wildman–Crippen LogP) is 4.13. The van der Waals surface area contributed by atoms with Crippen molar-refractivity contribution >= 4 is 23.4 Å². The highest BCUT2D eigenvalue weighted by Gasteiger charge is 2.29. The van der Waals surface area contributed by atoms with Crippen LogP contribution in [-0.2, 0) is 4.79 Å². The molecule has 6 nitrogen and oxygen atoms in total. The van der Waals surface area contributed by atoms with Gasteiger partial charge in [-0.25, -0.2) is 8.78 Å². The van der Waals surface area contributed by atoms with E-state index in [-0.39, 0.29) is 29.3 Å². The Kier molecular flexibility index (Phi) is 7.01. The van der Waals surface area contributed by atoms with Crippen molar-refractivity contribution in [3.05, 3.63) is 65.2 Å². The van der Waals surface area contributed by atoms with Crippen LogP contribution in [0.2, 0.25) is 0 Å². The molecule has 8 heteroatoms. The Hall–Kier alpha value is -3.29. The summed E-state index contributed by atoms with van der Waals surface area (Å²) in [5, 5.41) is 5.90. The summed E-state index contributed by atoms with van der Waals surface area (Å²) in [5.74, 6) is -2.66. The average molecular weight is 456 g/mol. The first-order chi connectivity index (χ1) is 15.9. The summed E-state index contributed by atoms with van der Waals surface area (Å²) in [7, 11) is 0. The Morgan fingerprint density at radius 1 is 0.879 bits per heavy atom. The van der Waals surface area contributed by atoms with Crippen LogP contribution in [0.4, 0.5) is 14.5 Å². The molecule has 2 aromatic rings. The molecule has 4 rings (SSSR count). The van der Waals surface area contributed by atoms with E-state index in [9.17, 15) is 23.2 Å². The van der Waals surface area contributed by atoms with E-state index < -0.39 is 17.5 Å². The maximum Gasteiger partial charge on any atom is 0.256 e. The Morgan fingerprint density at radius 3 is 2.18 bits per heavy atom. The third-order valence-corrected chi connectivity index (χ3v) is 6.42. The number of hydrogen-bond acceptors (Lipinski definition) is 3. The number of anilines is 1. The van der Waals surface area contributed by atoms with Crippen molar-refractivity contribution in [3.63, 3.8) is 0 Å². The minimum absolute atomic E-state index is 0.102. The third-order valence-electron chi connectivity index (χ3n) is 6.42. The number of likely N-dealkylation sites (tertiary alicyclic amines) is 1. The summed E-state index contributed by atoms with van der Waals surface area (Å²) in [6, 6.07) is 9.93. The standard InChI is InChI=1S/C25H27F2N3O3/c26-18-7-10-21(22(27)15-18)25(33)30-13-11-17(12-14-30)24(32)29-20-8-5-16(6-9-20)23(31)28-19-3-1-2-4-19/h5-10,15,17,19H,1-4,11-14H2,(H,28,31)(H,29,32). The summed E-state index contributed by atoms with van der Waals surface area (Å²) >= 11 is 0. The van der Waals surface area contributed by atoms with Crippen LogP contribution in [-0.4, -0.2) is 41.8 Å². The van der Waals surface area contributed by atoms with Crippen LogP contribution in [0.15, 0.2) is 42.5 Å². The number of carbonyl (C=O) groups is 3. The van der Waals surface area contributed by atoms with Crippen molar-refractivity contribution in [2.45, 2.75) is 44.6 Å². The molecule has 2 aromatic carbocycles. The van der Waals surface area contributed by atoms with Gasteiger partial charge in [0.15, 0.2) is 0 Å². The SMILES string of the molecule is O=C(NC1CCCC1)c1ccc(NC(=O)C2CCN(C(=O)c3ccc(F)cc3F)CC2)cc1. The first-order valence-corrected chi connectivity index (χ1v) is 11.4.